The van der Waals surface area contributed by atoms with E-state index in [4.69, 9.17) is 23.7 Å². The summed E-state index contributed by atoms with van der Waals surface area (Å²) in [7, 11) is 0. The molecular formula is C63H108O12. The summed E-state index contributed by atoms with van der Waals surface area (Å²) in [6.07, 6.45) is 50.5. The molecule has 6 atom stereocenters. The van der Waals surface area contributed by atoms with E-state index in [0.717, 1.165) is 103 Å². The van der Waals surface area contributed by atoms with Gasteiger partial charge >= 0.3 is 23.9 Å². The number of unbranched alkanes of at least 4 members (excludes halogenated alkanes) is 27. The summed E-state index contributed by atoms with van der Waals surface area (Å²) in [6.45, 7) is 5.84. The molecule has 12 nitrogen and oxygen atoms in total. The van der Waals surface area contributed by atoms with Crippen LogP contribution in [0.5, 0.6) is 0 Å². The molecule has 6 unspecified atom stereocenters. The number of carboxylic acid groups (broad SMARTS) is 1. The SMILES string of the molecule is CC/C=C\C/C=C\C/C=C\CCCCCC(=O)OC1C(OCC(COC(=O)CCCCCCCCCCCCCCCCCCC)OC(=O)CCCCCCC/C=C\C/C=C\CCCCC)OC(C(=O)O)C(O)C1O. The van der Waals surface area contributed by atoms with Gasteiger partial charge in [-0.15, -0.1) is 0 Å². The number of carbonyl (C=O) groups is 4. The maximum atomic E-state index is 13.1. The first-order valence-corrected chi connectivity index (χ1v) is 30.3. The molecule has 0 amide bonds. The summed E-state index contributed by atoms with van der Waals surface area (Å²) >= 11 is 0. The van der Waals surface area contributed by atoms with E-state index in [9.17, 15) is 34.5 Å². The molecule has 0 aliphatic carbocycles. The minimum absolute atomic E-state index is 0.0237. The fourth-order valence-corrected chi connectivity index (χ4v) is 8.94. The van der Waals surface area contributed by atoms with E-state index >= 15 is 0 Å². The molecule has 1 aliphatic rings. The van der Waals surface area contributed by atoms with E-state index in [2.05, 4.69) is 81.5 Å². The monoisotopic (exact) mass is 1060 g/mol. The zero-order chi connectivity index (χ0) is 54.7. The maximum absolute atomic E-state index is 13.1. The Hall–Kier alpha value is -3.58. The van der Waals surface area contributed by atoms with Crippen molar-refractivity contribution >= 4 is 23.9 Å². The maximum Gasteiger partial charge on any atom is 0.335 e. The molecule has 0 aromatic carbocycles. The van der Waals surface area contributed by atoms with Crippen LogP contribution in [-0.4, -0.2) is 89.2 Å². The molecule has 0 aromatic heterocycles. The lowest BCUT2D eigenvalue weighted by atomic mass is 9.98. The first-order chi connectivity index (χ1) is 36.6. The molecule has 1 fully saturated rings. The molecule has 1 heterocycles. The van der Waals surface area contributed by atoms with Crippen LogP contribution in [0.15, 0.2) is 60.8 Å². The van der Waals surface area contributed by atoms with E-state index in [1.54, 1.807) is 0 Å². The number of aliphatic hydroxyl groups excluding tert-OH is 2. The van der Waals surface area contributed by atoms with Crippen LogP contribution in [0.2, 0.25) is 0 Å². The number of carbonyl (C=O) groups excluding carboxylic acids is 3. The summed E-state index contributed by atoms with van der Waals surface area (Å²) in [4.78, 5) is 51.1. The van der Waals surface area contributed by atoms with Gasteiger partial charge < -0.3 is 39.0 Å². The molecule has 432 valence electrons. The van der Waals surface area contributed by atoms with Gasteiger partial charge in [0.25, 0.3) is 0 Å². The van der Waals surface area contributed by atoms with Crippen molar-refractivity contribution in [2.45, 2.75) is 302 Å². The minimum Gasteiger partial charge on any atom is -0.479 e. The third kappa shape index (κ3) is 41.2. The highest BCUT2D eigenvalue weighted by atomic mass is 16.7. The number of rotatable bonds is 51. The van der Waals surface area contributed by atoms with Gasteiger partial charge in [-0.3, -0.25) is 14.4 Å². The van der Waals surface area contributed by atoms with Crippen LogP contribution in [0.4, 0.5) is 0 Å². The highest BCUT2D eigenvalue weighted by Crippen LogP contribution is 2.26. The van der Waals surface area contributed by atoms with Crippen LogP contribution in [0.25, 0.3) is 0 Å². The summed E-state index contributed by atoms with van der Waals surface area (Å²) in [5.41, 5.74) is 0. The lowest BCUT2D eigenvalue weighted by molar-refractivity contribution is -0.301. The predicted molar refractivity (Wildman–Crippen MR) is 303 cm³/mol. The number of allylic oxidation sites excluding steroid dienone is 10. The highest BCUT2D eigenvalue weighted by Gasteiger charge is 2.50. The fourth-order valence-electron chi connectivity index (χ4n) is 8.94. The molecule has 0 radical (unpaired) electrons. The van der Waals surface area contributed by atoms with Gasteiger partial charge in [-0.25, -0.2) is 4.79 Å². The average Bonchev–Trinajstić information content (AvgIpc) is 3.39. The fraction of sp³-hybridized carbons (Fsp3) is 0.778. The summed E-state index contributed by atoms with van der Waals surface area (Å²) in [6, 6.07) is 0. The average molecular weight is 1060 g/mol. The molecule has 0 saturated carbocycles. The zero-order valence-electron chi connectivity index (χ0n) is 47.5. The molecule has 1 aliphatic heterocycles. The van der Waals surface area contributed by atoms with Crippen molar-refractivity contribution in [2.24, 2.45) is 0 Å². The van der Waals surface area contributed by atoms with Gasteiger partial charge in [-0.2, -0.15) is 0 Å². The zero-order valence-corrected chi connectivity index (χ0v) is 47.5. The van der Waals surface area contributed by atoms with Crippen molar-refractivity contribution in [1.29, 1.82) is 0 Å². The van der Waals surface area contributed by atoms with Gasteiger partial charge in [0.1, 0.15) is 18.8 Å². The number of aliphatic hydroxyl groups is 2. The quantitative estimate of drug-likeness (QED) is 0.0228. The van der Waals surface area contributed by atoms with Crippen molar-refractivity contribution in [3.63, 3.8) is 0 Å². The van der Waals surface area contributed by atoms with Crippen molar-refractivity contribution < 1.29 is 58.2 Å². The Balaban J connectivity index is 2.70. The van der Waals surface area contributed by atoms with E-state index in [0.29, 0.717) is 19.3 Å². The summed E-state index contributed by atoms with van der Waals surface area (Å²) < 4.78 is 28.4. The van der Waals surface area contributed by atoms with E-state index in [1.165, 1.54) is 103 Å². The Kier molecular flexibility index (Phi) is 47.4. The largest absolute Gasteiger partial charge is 0.479 e. The molecule has 75 heavy (non-hydrogen) atoms. The van der Waals surface area contributed by atoms with E-state index in [-0.39, 0.29) is 25.9 Å². The van der Waals surface area contributed by atoms with Crippen molar-refractivity contribution in [3.8, 4) is 0 Å². The van der Waals surface area contributed by atoms with Crippen LogP contribution < -0.4 is 0 Å². The molecular weight excluding hydrogens is 949 g/mol. The van der Waals surface area contributed by atoms with Gasteiger partial charge in [-0.1, -0.05) is 223 Å². The second kappa shape index (κ2) is 51.2. The predicted octanol–water partition coefficient (Wildman–Crippen LogP) is 15.6. The Morgan fingerprint density at radius 3 is 1.32 bits per heavy atom. The molecule has 0 spiro atoms. The topological polar surface area (TPSA) is 175 Å². The minimum atomic E-state index is -1.91. The lowest BCUT2D eigenvalue weighted by Crippen LogP contribution is -2.61. The van der Waals surface area contributed by atoms with Crippen LogP contribution in [-0.2, 0) is 42.9 Å². The highest BCUT2D eigenvalue weighted by molar-refractivity contribution is 5.74. The van der Waals surface area contributed by atoms with Crippen LogP contribution in [0, 0.1) is 0 Å². The molecule has 0 bridgehead atoms. The molecule has 0 aromatic rings. The number of ether oxygens (including phenoxy) is 5. The first-order valence-electron chi connectivity index (χ1n) is 30.3. The number of carboxylic acids is 1. The third-order valence-electron chi connectivity index (χ3n) is 13.6. The number of aliphatic carboxylic acids is 1. The van der Waals surface area contributed by atoms with Crippen molar-refractivity contribution in [1.82, 2.24) is 0 Å². The van der Waals surface area contributed by atoms with Crippen LogP contribution in [0.1, 0.15) is 265 Å². The molecule has 12 heteroatoms. The normalized spacial score (nSPS) is 18.5. The van der Waals surface area contributed by atoms with Crippen molar-refractivity contribution in [2.75, 3.05) is 13.2 Å². The second-order valence-corrected chi connectivity index (χ2v) is 20.6. The van der Waals surface area contributed by atoms with Crippen molar-refractivity contribution in [3.05, 3.63) is 60.8 Å². The lowest BCUT2D eigenvalue weighted by Gasteiger charge is -2.40. The van der Waals surface area contributed by atoms with Crippen LogP contribution >= 0.6 is 0 Å². The Labute approximate surface area is 456 Å². The van der Waals surface area contributed by atoms with Gasteiger partial charge in [0.2, 0.25) is 0 Å². The number of hydrogen-bond donors (Lipinski definition) is 3. The number of esters is 3. The van der Waals surface area contributed by atoms with Crippen LogP contribution in [0.3, 0.4) is 0 Å². The molecule has 1 rings (SSSR count). The second-order valence-electron chi connectivity index (χ2n) is 20.6. The summed E-state index contributed by atoms with van der Waals surface area (Å²) in [5.74, 6) is -3.16. The van der Waals surface area contributed by atoms with Gasteiger partial charge in [0, 0.05) is 19.3 Å². The Morgan fingerprint density at radius 2 is 0.840 bits per heavy atom. The Bertz CT molecular complexity index is 1540. The number of hydrogen-bond acceptors (Lipinski definition) is 11. The van der Waals surface area contributed by atoms with E-state index in [1.807, 2.05) is 0 Å². The smallest absolute Gasteiger partial charge is 0.335 e. The van der Waals surface area contributed by atoms with Gasteiger partial charge in [-0.05, 0) is 83.5 Å². The summed E-state index contributed by atoms with van der Waals surface area (Å²) in [5, 5.41) is 31.5. The molecule has 3 N–H and O–H groups in total. The van der Waals surface area contributed by atoms with Gasteiger partial charge in [0.05, 0.1) is 6.61 Å². The van der Waals surface area contributed by atoms with Gasteiger partial charge in [0.15, 0.2) is 24.6 Å². The first kappa shape index (κ1) is 69.4. The molecule has 1 saturated heterocycles. The third-order valence-corrected chi connectivity index (χ3v) is 13.6. The van der Waals surface area contributed by atoms with E-state index < -0.39 is 67.3 Å². The standard InChI is InChI=1S/C63H108O12/c1-4-7-10-13-16-19-22-25-27-28-30-32-34-37-40-43-46-49-55(64)71-52-54(73-56(65)50-47-44-41-38-36-33-29-26-23-20-17-14-11-8-5-2)53-72-63-61(59(68)58(67)60(75-63)62(69)70)74-57(66)51-48-45-42-39-35-31-24-21-18-15-12-9-6-3/h9,12,17-18,20-21,26,29,31,35,54,58-61,63,67-68H,4-8,10-11,13-16,19,22-25,27-28,30,32-34,36-53H2,1-3H3,(H,69,70)/b12-9-,20-17-,21-18-,29-26-,35-31-. The Morgan fingerprint density at radius 1 is 0.453 bits per heavy atom.